The van der Waals surface area contributed by atoms with Crippen LogP contribution >= 0.6 is 11.6 Å². The van der Waals surface area contributed by atoms with Crippen LogP contribution in [0.5, 0.6) is 0 Å². The maximum atomic E-state index is 13.4. The second-order valence-electron chi connectivity index (χ2n) is 3.60. The summed E-state index contributed by atoms with van der Waals surface area (Å²) in [5.74, 6) is -1.80. The van der Waals surface area contributed by atoms with Gasteiger partial charge in [0.05, 0.1) is 5.02 Å². The van der Waals surface area contributed by atoms with Gasteiger partial charge in [-0.15, -0.1) is 9.56 Å². The zero-order valence-electron chi connectivity index (χ0n) is 8.92. The molecule has 2 aromatic heterocycles. The van der Waals surface area contributed by atoms with Crippen molar-refractivity contribution in [3.8, 4) is 6.07 Å². The average Bonchev–Trinajstić information content (AvgIpc) is 2.74. The number of nitriles is 1. The van der Waals surface area contributed by atoms with Gasteiger partial charge in [0, 0.05) is 12.1 Å². The minimum Gasteiger partial charge on any atom is -0.617 e. The third kappa shape index (κ3) is 1.45. The average molecular weight is 281 g/mol. The number of aromatic nitrogens is 3. The smallest absolute Gasteiger partial charge is 0.460 e. The van der Waals surface area contributed by atoms with Crippen LogP contribution in [-0.2, 0) is 0 Å². The fourth-order valence-corrected chi connectivity index (χ4v) is 1.90. The van der Waals surface area contributed by atoms with E-state index in [0.717, 1.165) is 16.7 Å². The molecule has 0 unspecified atom stereocenters. The van der Waals surface area contributed by atoms with Crippen molar-refractivity contribution in [1.82, 2.24) is 9.56 Å². The highest BCUT2D eigenvalue weighted by atomic mass is 35.5. The first kappa shape index (κ1) is 11.4. The topological polar surface area (TPSA) is 98.2 Å². The highest BCUT2D eigenvalue weighted by molar-refractivity contribution is 6.31. The summed E-state index contributed by atoms with van der Waals surface area (Å²) in [6.07, 6.45) is 0. The van der Waals surface area contributed by atoms with E-state index in [1.807, 2.05) is 0 Å². The molecule has 19 heavy (non-hydrogen) atoms. The van der Waals surface area contributed by atoms with E-state index in [4.69, 9.17) is 21.4 Å². The number of rotatable bonds is 0. The molecule has 0 saturated carbocycles. The number of nitrogens with zero attached hydrogens (tertiary/aromatic N) is 4. The second kappa shape index (κ2) is 3.66. The molecule has 3 aromatic rings. The molecule has 0 bridgehead atoms. The van der Waals surface area contributed by atoms with Crippen LogP contribution in [0.2, 0.25) is 5.02 Å². The SMILES string of the molecule is N#Cc1c2nc(=O)on2c2cc(F)c(Cl)cc2[n+]1[O-]. The van der Waals surface area contributed by atoms with Gasteiger partial charge in [-0.1, -0.05) is 11.6 Å². The Kier molecular flexibility index (Phi) is 2.20. The predicted octanol–water partition coefficient (Wildman–Crippen LogP) is 0.738. The summed E-state index contributed by atoms with van der Waals surface area (Å²) in [5, 5.41) is 20.6. The van der Waals surface area contributed by atoms with Gasteiger partial charge in [-0.3, -0.25) is 0 Å². The van der Waals surface area contributed by atoms with Crippen molar-refractivity contribution >= 4 is 28.3 Å². The summed E-state index contributed by atoms with van der Waals surface area (Å²) in [4.78, 5) is 14.5. The molecule has 7 nitrogen and oxygen atoms in total. The van der Waals surface area contributed by atoms with E-state index in [9.17, 15) is 14.4 Å². The third-order valence-corrected chi connectivity index (χ3v) is 2.82. The second-order valence-corrected chi connectivity index (χ2v) is 4.00. The lowest BCUT2D eigenvalue weighted by atomic mass is 10.2. The highest BCUT2D eigenvalue weighted by Gasteiger charge is 2.23. The van der Waals surface area contributed by atoms with Crippen LogP contribution in [0.3, 0.4) is 0 Å². The molecule has 0 aliphatic heterocycles. The van der Waals surface area contributed by atoms with Gasteiger partial charge in [-0.25, -0.2) is 9.18 Å². The van der Waals surface area contributed by atoms with Crippen LogP contribution in [0.15, 0.2) is 21.5 Å². The van der Waals surface area contributed by atoms with Crippen molar-refractivity contribution in [1.29, 1.82) is 5.26 Å². The zero-order valence-corrected chi connectivity index (χ0v) is 9.68. The maximum Gasteiger partial charge on any atom is 0.460 e. The first-order valence-corrected chi connectivity index (χ1v) is 5.25. The van der Waals surface area contributed by atoms with Gasteiger partial charge in [0.1, 0.15) is 5.82 Å². The molecule has 94 valence electrons. The molecule has 0 atom stereocenters. The number of hydrogen-bond acceptors (Lipinski definition) is 5. The van der Waals surface area contributed by atoms with Gasteiger partial charge < -0.3 is 9.73 Å². The number of benzene rings is 1. The quantitative estimate of drug-likeness (QED) is 0.447. The predicted molar refractivity (Wildman–Crippen MR) is 59.9 cm³/mol. The first-order valence-electron chi connectivity index (χ1n) is 4.87. The largest absolute Gasteiger partial charge is 0.617 e. The van der Waals surface area contributed by atoms with E-state index in [0.29, 0.717) is 0 Å². The van der Waals surface area contributed by atoms with Crippen molar-refractivity contribution in [2.24, 2.45) is 0 Å². The molecule has 0 aliphatic carbocycles. The normalized spacial score (nSPS) is 11.0. The highest BCUT2D eigenvalue weighted by Crippen LogP contribution is 2.22. The van der Waals surface area contributed by atoms with Crippen LogP contribution in [0.25, 0.3) is 16.7 Å². The van der Waals surface area contributed by atoms with E-state index >= 15 is 0 Å². The Morgan fingerprint density at radius 3 is 3.00 bits per heavy atom. The number of halogens is 2. The van der Waals surface area contributed by atoms with Gasteiger partial charge in [0.25, 0.3) is 5.65 Å². The van der Waals surface area contributed by atoms with Gasteiger partial charge in [-0.2, -0.15) is 9.99 Å². The molecule has 0 saturated heterocycles. The molecular formula is C10H2ClFN4O3. The van der Waals surface area contributed by atoms with E-state index < -0.39 is 17.3 Å². The van der Waals surface area contributed by atoms with Crippen LogP contribution < -0.4 is 10.5 Å². The minimum absolute atomic E-state index is 0.0551. The Hall–Kier alpha value is -2.66. The summed E-state index contributed by atoms with van der Waals surface area (Å²) < 4.78 is 19.2. The summed E-state index contributed by atoms with van der Waals surface area (Å²) in [7, 11) is 0. The lowest BCUT2D eigenvalue weighted by Crippen LogP contribution is -2.33. The molecule has 0 aliphatic rings. The van der Waals surface area contributed by atoms with E-state index in [2.05, 4.69) is 4.98 Å². The Morgan fingerprint density at radius 1 is 1.58 bits per heavy atom. The molecule has 0 N–H and O–H groups in total. The van der Waals surface area contributed by atoms with E-state index in [-0.39, 0.29) is 26.4 Å². The third-order valence-electron chi connectivity index (χ3n) is 2.53. The van der Waals surface area contributed by atoms with Crippen molar-refractivity contribution in [2.45, 2.75) is 0 Å². The molecule has 0 spiro atoms. The van der Waals surface area contributed by atoms with Gasteiger partial charge in [0.15, 0.2) is 11.6 Å². The maximum absolute atomic E-state index is 13.4. The Bertz CT molecular complexity index is 940. The van der Waals surface area contributed by atoms with Crippen LogP contribution in [0, 0.1) is 22.4 Å². The van der Waals surface area contributed by atoms with Crippen molar-refractivity contribution in [3.05, 3.63) is 44.4 Å². The van der Waals surface area contributed by atoms with E-state index in [1.54, 1.807) is 6.07 Å². The molecule has 0 amide bonds. The van der Waals surface area contributed by atoms with Gasteiger partial charge >= 0.3 is 11.4 Å². The molecule has 0 fully saturated rings. The molecule has 2 heterocycles. The fourth-order valence-electron chi connectivity index (χ4n) is 1.74. The van der Waals surface area contributed by atoms with Crippen molar-refractivity contribution in [3.63, 3.8) is 0 Å². The standard InChI is InChI=1S/C10H2ClFN4O3/c11-4-1-6-7(2-5(4)12)16-9(14-10(17)19-16)8(3-13)15(6)18/h1-2H. The molecular weight excluding hydrogens is 279 g/mol. The fraction of sp³-hybridized carbons (Fsp3) is 0. The van der Waals surface area contributed by atoms with Crippen LogP contribution in [0.4, 0.5) is 4.39 Å². The monoisotopic (exact) mass is 280 g/mol. The van der Waals surface area contributed by atoms with Crippen LogP contribution in [0.1, 0.15) is 5.69 Å². The number of fused-ring (bicyclic) bond motifs is 3. The van der Waals surface area contributed by atoms with Crippen molar-refractivity contribution < 1.29 is 13.6 Å². The van der Waals surface area contributed by atoms with Gasteiger partial charge in [0.2, 0.25) is 5.52 Å². The summed E-state index contributed by atoms with van der Waals surface area (Å²) in [5.41, 5.74) is -0.894. The van der Waals surface area contributed by atoms with E-state index in [1.165, 1.54) is 0 Å². The Morgan fingerprint density at radius 2 is 2.32 bits per heavy atom. The summed E-state index contributed by atoms with van der Waals surface area (Å²) in [6.45, 7) is 0. The van der Waals surface area contributed by atoms with Crippen molar-refractivity contribution in [2.75, 3.05) is 0 Å². The Labute approximate surface area is 108 Å². The summed E-state index contributed by atoms with van der Waals surface area (Å²) >= 11 is 5.58. The summed E-state index contributed by atoms with van der Waals surface area (Å²) in [6, 6.07) is 3.57. The number of hydrogen-bond donors (Lipinski definition) is 0. The first-order chi connectivity index (χ1) is 9.02. The molecule has 1 aromatic carbocycles. The minimum atomic E-state index is -1.00. The zero-order chi connectivity index (χ0) is 13.7. The molecule has 0 radical (unpaired) electrons. The molecule has 3 rings (SSSR count). The lowest BCUT2D eigenvalue weighted by Gasteiger charge is -2.05. The molecule has 9 heteroatoms. The van der Waals surface area contributed by atoms with Crippen LogP contribution in [-0.4, -0.2) is 9.56 Å². The Balaban J connectivity index is 2.70. The van der Waals surface area contributed by atoms with Gasteiger partial charge in [-0.05, 0) is 0 Å². The lowest BCUT2D eigenvalue weighted by molar-refractivity contribution is -0.579.